The fourth-order valence-corrected chi connectivity index (χ4v) is 4.52. The summed E-state index contributed by atoms with van der Waals surface area (Å²) in [6.07, 6.45) is 6.66. The van der Waals surface area contributed by atoms with E-state index < -0.39 is 0 Å². The third-order valence-electron chi connectivity index (χ3n) is 6.69. The average Bonchev–Trinajstić information content (AvgIpc) is 3.56. The quantitative estimate of drug-likeness (QED) is 0.290. The van der Waals surface area contributed by atoms with Gasteiger partial charge in [0.25, 0.3) is 0 Å². The van der Waals surface area contributed by atoms with E-state index in [1.165, 1.54) is 12.1 Å². The SMILES string of the molecule is CC1(N)CCN(c2ccc(Nc3ncc(-c4cnco4)c(-c4cc5cccc(N)c5o4)n3)cc2)CC1. The van der Waals surface area contributed by atoms with E-state index in [1.807, 2.05) is 36.4 Å². The molecule has 1 aliphatic heterocycles. The summed E-state index contributed by atoms with van der Waals surface area (Å²) in [7, 11) is 0. The van der Waals surface area contributed by atoms with Gasteiger partial charge in [0.2, 0.25) is 5.95 Å². The summed E-state index contributed by atoms with van der Waals surface area (Å²) in [6.45, 7) is 4.04. The van der Waals surface area contributed by atoms with Crippen LogP contribution in [0.25, 0.3) is 33.7 Å². The molecule has 0 unspecified atom stereocenters. The number of nitrogens with one attached hydrogen (secondary N) is 1. The first-order chi connectivity index (χ1) is 17.4. The number of rotatable bonds is 5. The van der Waals surface area contributed by atoms with Crippen molar-refractivity contribution < 1.29 is 8.83 Å². The second-order valence-corrected chi connectivity index (χ2v) is 9.51. The number of nitrogens with zero attached hydrogens (tertiary/aromatic N) is 4. The van der Waals surface area contributed by atoms with Crippen LogP contribution in [0.4, 0.5) is 23.0 Å². The fraction of sp³-hybridized carbons (Fsp3) is 0.222. The second kappa shape index (κ2) is 8.69. The smallest absolute Gasteiger partial charge is 0.227 e. The maximum absolute atomic E-state index is 6.28. The largest absolute Gasteiger partial charge is 0.452 e. The third kappa shape index (κ3) is 4.25. The summed E-state index contributed by atoms with van der Waals surface area (Å²) in [6, 6.07) is 15.8. The molecule has 0 spiro atoms. The van der Waals surface area contributed by atoms with Crippen LogP contribution in [0.3, 0.4) is 0 Å². The number of hydrogen-bond acceptors (Lipinski definition) is 9. The monoisotopic (exact) mass is 481 g/mol. The minimum Gasteiger partial charge on any atom is -0.452 e. The zero-order chi connectivity index (χ0) is 24.7. The van der Waals surface area contributed by atoms with Gasteiger partial charge in [-0.15, -0.1) is 0 Å². The van der Waals surface area contributed by atoms with Crippen molar-refractivity contribution >= 4 is 34.0 Å². The van der Waals surface area contributed by atoms with Crippen molar-refractivity contribution in [3.63, 3.8) is 0 Å². The summed E-state index contributed by atoms with van der Waals surface area (Å²) in [5, 5.41) is 4.20. The van der Waals surface area contributed by atoms with Gasteiger partial charge in [0.05, 0.1) is 17.4 Å². The number of fused-ring (bicyclic) bond motifs is 1. The Morgan fingerprint density at radius 3 is 2.56 bits per heavy atom. The Balaban J connectivity index is 1.30. The fourth-order valence-electron chi connectivity index (χ4n) is 4.52. The third-order valence-corrected chi connectivity index (χ3v) is 6.69. The lowest BCUT2D eigenvalue weighted by atomic mass is 9.91. The summed E-state index contributed by atoms with van der Waals surface area (Å²) in [4.78, 5) is 15.7. The predicted octanol–water partition coefficient (Wildman–Crippen LogP) is 5.19. The zero-order valence-electron chi connectivity index (χ0n) is 19.9. The number of oxazole rings is 1. The van der Waals surface area contributed by atoms with Crippen LogP contribution in [0.2, 0.25) is 0 Å². The molecule has 0 saturated carbocycles. The first kappa shape index (κ1) is 22.1. The number of furan rings is 1. The van der Waals surface area contributed by atoms with Gasteiger partial charge in [-0.25, -0.2) is 15.0 Å². The minimum atomic E-state index is -0.0729. The zero-order valence-corrected chi connectivity index (χ0v) is 19.9. The van der Waals surface area contributed by atoms with Gasteiger partial charge in [0.15, 0.2) is 23.5 Å². The van der Waals surface area contributed by atoms with Crippen LogP contribution in [-0.2, 0) is 0 Å². The summed E-state index contributed by atoms with van der Waals surface area (Å²) in [5.41, 5.74) is 16.8. The maximum atomic E-state index is 6.28. The van der Waals surface area contributed by atoms with Gasteiger partial charge in [0.1, 0.15) is 5.69 Å². The van der Waals surface area contributed by atoms with Gasteiger partial charge in [0, 0.05) is 41.6 Å². The number of piperidine rings is 1. The average molecular weight is 482 g/mol. The first-order valence-corrected chi connectivity index (χ1v) is 11.9. The van der Waals surface area contributed by atoms with Crippen LogP contribution in [0.1, 0.15) is 19.8 Å². The van der Waals surface area contributed by atoms with Crippen LogP contribution in [0.15, 0.2) is 76.2 Å². The molecule has 36 heavy (non-hydrogen) atoms. The number of anilines is 4. The van der Waals surface area contributed by atoms with Crippen molar-refractivity contribution in [3.05, 3.63) is 67.3 Å². The molecule has 6 rings (SSSR count). The van der Waals surface area contributed by atoms with Crippen molar-refractivity contribution in [3.8, 4) is 22.8 Å². The van der Waals surface area contributed by atoms with Crippen LogP contribution in [-0.4, -0.2) is 33.6 Å². The molecule has 0 atom stereocenters. The predicted molar refractivity (Wildman–Crippen MR) is 141 cm³/mol. The molecule has 0 amide bonds. The Morgan fingerprint density at radius 2 is 1.83 bits per heavy atom. The van der Waals surface area contributed by atoms with Gasteiger partial charge in [-0.2, -0.15) is 0 Å². The molecule has 5 aromatic rings. The Hall–Kier alpha value is -4.37. The molecule has 4 heterocycles. The highest BCUT2D eigenvalue weighted by atomic mass is 16.3. The maximum Gasteiger partial charge on any atom is 0.227 e. The van der Waals surface area contributed by atoms with Crippen LogP contribution in [0.5, 0.6) is 0 Å². The highest BCUT2D eigenvalue weighted by molar-refractivity contribution is 5.92. The van der Waals surface area contributed by atoms with Crippen molar-refractivity contribution in [1.82, 2.24) is 15.0 Å². The summed E-state index contributed by atoms with van der Waals surface area (Å²) >= 11 is 0. The van der Waals surface area contributed by atoms with Crippen LogP contribution < -0.4 is 21.7 Å². The normalized spacial score (nSPS) is 15.3. The summed E-state index contributed by atoms with van der Waals surface area (Å²) < 4.78 is 11.6. The lowest BCUT2D eigenvalue weighted by Crippen LogP contribution is -2.48. The van der Waals surface area contributed by atoms with Gasteiger partial charge < -0.3 is 30.5 Å². The van der Waals surface area contributed by atoms with E-state index in [9.17, 15) is 0 Å². The van der Waals surface area contributed by atoms with Crippen molar-refractivity contribution in [2.45, 2.75) is 25.3 Å². The highest BCUT2D eigenvalue weighted by Gasteiger charge is 2.26. The van der Waals surface area contributed by atoms with Crippen molar-refractivity contribution in [2.24, 2.45) is 5.73 Å². The highest BCUT2D eigenvalue weighted by Crippen LogP contribution is 2.36. The molecule has 1 aliphatic rings. The minimum absolute atomic E-state index is 0.0729. The number of nitrogen functional groups attached to an aromatic ring is 1. The Kier molecular flexibility index (Phi) is 5.34. The number of hydrogen-bond donors (Lipinski definition) is 3. The number of para-hydroxylation sites is 1. The van der Waals surface area contributed by atoms with E-state index in [0.29, 0.717) is 40.0 Å². The van der Waals surface area contributed by atoms with Crippen LogP contribution in [0, 0.1) is 0 Å². The molecule has 1 saturated heterocycles. The van der Waals surface area contributed by atoms with E-state index in [-0.39, 0.29) is 5.54 Å². The van der Waals surface area contributed by atoms with Gasteiger partial charge in [-0.1, -0.05) is 12.1 Å². The molecule has 0 radical (unpaired) electrons. The number of benzene rings is 2. The van der Waals surface area contributed by atoms with E-state index in [4.69, 9.17) is 25.3 Å². The number of aromatic nitrogens is 3. The molecule has 182 valence electrons. The van der Waals surface area contributed by atoms with Gasteiger partial charge in [-0.05, 0) is 56.2 Å². The Labute approximate surface area is 208 Å². The molecule has 0 aliphatic carbocycles. The molecular formula is C27H27N7O2. The van der Waals surface area contributed by atoms with E-state index in [1.54, 1.807) is 12.4 Å². The molecule has 9 heteroatoms. The first-order valence-electron chi connectivity index (χ1n) is 11.9. The molecule has 2 aromatic carbocycles. The standard InChI is InChI=1S/C27H27N7O2/c1-27(29)9-11-34(12-10-27)19-7-5-18(6-8-19)32-26-31-14-20(23-15-30-16-35-23)24(33-26)22-13-17-3-2-4-21(28)25(17)36-22/h2-8,13-16H,9-12,28-29H2,1H3,(H,31,32,33). The molecular weight excluding hydrogens is 454 g/mol. The van der Waals surface area contributed by atoms with Crippen LogP contribution >= 0.6 is 0 Å². The Bertz CT molecular complexity index is 1500. The topological polar surface area (TPSA) is 132 Å². The molecule has 9 nitrogen and oxygen atoms in total. The molecule has 0 bridgehead atoms. The molecule has 3 aromatic heterocycles. The Morgan fingerprint density at radius 1 is 1.03 bits per heavy atom. The van der Waals surface area contributed by atoms with E-state index in [2.05, 4.69) is 39.2 Å². The van der Waals surface area contributed by atoms with Crippen molar-refractivity contribution in [2.75, 3.05) is 29.0 Å². The summed E-state index contributed by atoms with van der Waals surface area (Å²) in [5.74, 6) is 1.54. The van der Waals surface area contributed by atoms with Crippen molar-refractivity contribution in [1.29, 1.82) is 0 Å². The second-order valence-electron chi connectivity index (χ2n) is 9.51. The molecule has 1 fully saturated rings. The van der Waals surface area contributed by atoms with E-state index >= 15 is 0 Å². The van der Waals surface area contributed by atoms with E-state index in [0.717, 1.165) is 37.0 Å². The van der Waals surface area contributed by atoms with Gasteiger partial charge in [-0.3, -0.25) is 0 Å². The lowest BCUT2D eigenvalue weighted by molar-refractivity contribution is 0.364. The lowest BCUT2D eigenvalue weighted by Gasteiger charge is -2.38. The molecule has 5 N–H and O–H groups in total. The van der Waals surface area contributed by atoms with Gasteiger partial charge >= 0.3 is 0 Å². The number of nitrogens with two attached hydrogens (primary N) is 2.